The minimum atomic E-state index is 0. The zero-order valence-corrected chi connectivity index (χ0v) is 5.55. The van der Waals surface area contributed by atoms with Gasteiger partial charge in [0.25, 0.3) is 0 Å². The van der Waals surface area contributed by atoms with Gasteiger partial charge in [0.15, 0.2) is 0 Å². The van der Waals surface area contributed by atoms with Crippen LogP contribution in [0.1, 0.15) is 13.9 Å². The maximum Gasteiger partial charge on any atom is 0.0947 e. The van der Waals surface area contributed by atoms with E-state index in [4.69, 9.17) is 4.42 Å². The number of hydrogen-bond donors (Lipinski definition) is 1. The van der Waals surface area contributed by atoms with Crippen molar-refractivity contribution in [2.45, 2.75) is 13.5 Å². The maximum absolute atomic E-state index is 4.87. The van der Waals surface area contributed by atoms with Gasteiger partial charge in [-0.1, -0.05) is 6.92 Å². The van der Waals surface area contributed by atoms with Gasteiger partial charge >= 0.3 is 0 Å². The van der Waals surface area contributed by atoms with Crippen LogP contribution >= 0.6 is 0 Å². The predicted octanol–water partition coefficient (Wildman–Crippen LogP) is 1.64. The molecule has 0 aromatic carbocycles. The summed E-state index contributed by atoms with van der Waals surface area (Å²) < 4.78 is 4.87. The average molecular weight is 127 g/mol. The highest BCUT2D eigenvalue weighted by Crippen LogP contribution is 1.97. The first-order chi connectivity index (χ1) is 4.43. The molecule has 1 aromatic heterocycles. The fourth-order valence-corrected chi connectivity index (χ4v) is 0.663. The Morgan fingerprint density at radius 1 is 1.78 bits per heavy atom. The molecule has 1 heterocycles. The van der Waals surface area contributed by atoms with Gasteiger partial charge in [0.1, 0.15) is 0 Å². The smallest absolute Gasteiger partial charge is 0.0947 e. The molecule has 0 radical (unpaired) electrons. The van der Waals surface area contributed by atoms with Gasteiger partial charge in [0.2, 0.25) is 0 Å². The molecule has 2 nitrogen and oxygen atoms in total. The van der Waals surface area contributed by atoms with E-state index in [0.717, 1.165) is 13.1 Å². The average Bonchev–Trinajstić information content (AvgIpc) is 2.34. The lowest BCUT2D eigenvalue weighted by Gasteiger charge is -1.94. The normalized spacial score (nSPS) is 9.89. The second kappa shape index (κ2) is 3.30. The molecule has 52 valence electrons. The van der Waals surface area contributed by atoms with Crippen LogP contribution in [0.25, 0.3) is 0 Å². The van der Waals surface area contributed by atoms with Crippen LogP contribution in [0.3, 0.4) is 0 Å². The summed E-state index contributed by atoms with van der Waals surface area (Å²) in [5, 5.41) is 3.19. The first-order valence-electron chi connectivity index (χ1n) is 3.15. The van der Waals surface area contributed by atoms with Crippen molar-refractivity contribution in [2.75, 3.05) is 6.54 Å². The summed E-state index contributed by atoms with van der Waals surface area (Å²) in [7, 11) is 0. The second-order valence-corrected chi connectivity index (χ2v) is 1.91. The Balaban J connectivity index is 0.000000810. The van der Waals surface area contributed by atoms with Crippen molar-refractivity contribution in [1.29, 1.82) is 0 Å². The molecule has 1 rings (SSSR count). The fraction of sp³-hybridized carbons (Fsp3) is 0.429. The number of hydrogen-bond acceptors (Lipinski definition) is 2. The van der Waals surface area contributed by atoms with Gasteiger partial charge in [-0.25, -0.2) is 0 Å². The third-order valence-corrected chi connectivity index (χ3v) is 1.16. The van der Waals surface area contributed by atoms with Crippen molar-refractivity contribution in [3.05, 3.63) is 24.2 Å². The van der Waals surface area contributed by atoms with E-state index in [1.807, 2.05) is 6.07 Å². The predicted molar refractivity (Wildman–Crippen MR) is 38.2 cm³/mol. The molecule has 0 unspecified atom stereocenters. The number of nitrogens with one attached hydrogen (secondary N) is 1. The molecule has 2 heteroatoms. The minimum Gasteiger partial charge on any atom is -0.472 e. The zero-order valence-electron chi connectivity index (χ0n) is 5.55. The van der Waals surface area contributed by atoms with Crippen LogP contribution in [0, 0.1) is 0 Å². The molecule has 1 aromatic rings. The van der Waals surface area contributed by atoms with Crippen LogP contribution < -0.4 is 5.32 Å². The largest absolute Gasteiger partial charge is 0.472 e. The maximum atomic E-state index is 4.87. The highest BCUT2D eigenvalue weighted by atomic mass is 16.3. The molecule has 0 aliphatic carbocycles. The highest BCUT2D eigenvalue weighted by molar-refractivity contribution is 5.04. The Morgan fingerprint density at radius 2 is 2.67 bits per heavy atom. The third kappa shape index (κ3) is 1.90. The van der Waals surface area contributed by atoms with E-state index in [-0.39, 0.29) is 1.43 Å². The Kier molecular flexibility index (Phi) is 2.33. The summed E-state index contributed by atoms with van der Waals surface area (Å²) in [6, 6.07) is 1.96. The fourth-order valence-electron chi connectivity index (χ4n) is 0.663. The van der Waals surface area contributed by atoms with E-state index in [2.05, 4.69) is 12.2 Å². The third-order valence-electron chi connectivity index (χ3n) is 1.16. The van der Waals surface area contributed by atoms with Crippen LogP contribution in [-0.4, -0.2) is 6.54 Å². The molecule has 0 atom stereocenters. The molecule has 0 amide bonds. The quantitative estimate of drug-likeness (QED) is 0.667. The molecule has 0 saturated carbocycles. The van der Waals surface area contributed by atoms with Crippen molar-refractivity contribution in [1.82, 2.24) is 5.32 Å². The summed E-state index contributed by atoms with van der Waals surface area (Å²) in [5.41, 5.74) is 1.21. The summed E-state index contributed by atoms with van der Waals surface area (Å²) in [6.07, 6.45) is 3.44. The van der Waals surface area contributed by atoms with Crippen LogP contribution in [0.4, 0.5) is 0 Å². The van der Waals surface area contributed by atoms with Crippen LogP contribution in [0.5, 0.6) is 0 Å². The van der Waals surface area contributed by atoms with Gasteiger partial charge in [0, 0.05) is 13.5 Å². The lowest BCUT2D eigenvalue weighted by atomic mass is 10.3. The molecule has 9 heavy (non-hydrogen) atoms. The summed E-state index contributed by atoms with van der Waals surface area (Å²) >= 11 is 0. The highest BCUT2D eigenvalue weighted by Gasteiger charge is 1.89. The molecule has 0 bridgehead atoms. The van der Waals surface area contributed by atoms with Crippen molar-refractivity contribution in [3.8, 4) is 0 Å². The van der Waals surface area contributed by atoms with Crippen LogP contribution in [0.2, 0.25) is 0 Å². The Labute approximate surface area is 56.4 Å². The molecule has 0 fully saturated rings. The van der Waals surface area contributed by atoms with Gasteiger partial charge < -0.3 is 9.73 Å². The van der Waals surface area contributed by atoms with Crippen molar-refractivity contribution in [3.63, 3.8) is 0 Å². The first-order valence-corrected chi connectivity index (χ1v) is 3.15. The molecule has 0 aliphatic rings. The van der Waals surface area contributed by atoms with E-state index in [9.17, 15) is 0 Å². The molecule has 0 saturated heterocycles. The second-order valence-electron chi connectivity index (χ2n) is 1.91. The van der Waals surface area contributed by atoms with Gasteiger partial charge in [-0.15, -0.1) is 0 Å². The van der Waals surface area contributed by atoms with Crippen molar-refractivity contribution < 1.29 is 5.84 Å². The molecule has 0 aliphatic heterocycles. The van der Waals surface area contributed by atoms with Gasteiger partial charge in [-0.2, -0.15) is 0 Å². The van der Waals surface area contributed by atoms with Crippen molar-refractivity contribution in [2.24, 2.45) is 0 Å². The van der Waals surface area contributed by atoms with E-state index in [1.165, 1.54) is 5.56 Å². The first kappa shape index (κ1) is 6.36. The van der Waals surface area contributed by atoms with E-state index < -0.39 is 0 Å². The van der Waals surface area contributed by atoms with Crippen molar-refractivity contribution >= 4 is 0 Å². The Hall–Kier alpha value is -0.760. The van der Waals surface area contributed by atoms with E-state index in [0.29, 0.717) is 0 Å². The standard InChI is InChI=1S/C7H11NO.H2/c1-2-8-5-7-3-4-9-6-7;/h3-4,6,8H,2,5H2,1H3;1H. The molecular formula is C7H13NO. The van der Waals surface area contributed by atoms with Crippen LogP contribution in [-0.2, 0) is 6.54 Å². The lowest BCUT2D eigenvalue weighted by molar-refractivity contribution is 0.561. The zero-order chi connectivity index (χ0) is 6.53. The van der Waals surface area contributed by atoms with Gasteiger partial charge in [0.05, 0.1) is 12.5 Å². The Morgan fingerprint density at radius 3 is 3.22 bits per heavy atom. The Bertz CT molecular complexity index is 151. The monoisotopic (exact) mass is 127 g/mol. The molecule has 0 spiro atoms. The van der Waals surface area contributed by atoms with E-state index >= 15 is 0 Å². The summed E-state index contributed by atoms with van der Waals surface area (Å²) in [4.78, 5) is 0. The van der Waals surface area contributed by atoms with E-state index in [1.54, 1.807) is 12.5 Å². The molecular weight excluding hydrogens is 114 g/mol. The SMILES string of the molecule is CCNCc1ccoc1.[HH]. The number of rotatable bonds is 3. The lowest BCUT2D eigenvalue weighted by Crippen LogP contribution is -2.10. The number of furan rings is 1. The van der Waals surface area contributed by atoms with Gasteiger partial charge in [-0.05, 0) is 12.6 Å². The summed E-state index contributed by atoms with van der Waals surface area (Å²) in [6.45, 7) is 4.00. The van der Waals surface area contributed by atoms with Gasteiger partial charge in [-0.3, -0.25) is 0 Å². The minimum absolute atomic E-state index is 0. The van der Waals surface area contributed by atoms with Crippen LogP contribution in [0.15, 0.2) is 23.0 Å². The topological polar surface area (TPSA) is 25.2 Å². The molecule has 1 N–H and O–H groups in total. The summed E-state index contributed by atoms with van der Waals surface area (Å²) in [5.74, 6) is 0.